The van der Waals surface area contributed by atoms with Crippen molar-refractivity contribution in [1.29, 1.82) is 0 Å². The highest BCUT2D eigenvalue weighted by atomic mass is 16.6. The molecule has 0 bridgehead atoms. The van der Waals surface area contributed by atoms with Crippen molar-refractivity contribution in [2.45, 2.75) is 0 Å². The number of hydrogen-bond acceptors (Lipinski definition) is 6. The maximum absolute atomic E-state index is 12.1. The van der Waals surface area contributed by atoms with Gasteiger partial charge in [-0.2, -0.15) is 0 Å². The zero-order valence-electron chi connectivity index (χ0n) is 18.7. The Bertz CT molecular complexity index is 1270. The standard InChI is InChI=1S/C26H26N4O3/c1-29-10-12-30(13-11-29)22-8-6-18(7-9-22)21-15-24-25(27-16-21)23(17-33-24)19-4-3-5-20(14-19)26(31)28-32-2/h3-9,14-17H,10-13H2,1-2H3,(H,28,31). The molecule has 2 aromatic heterocycles. The van der Waals surface area contributed by atoms with E-state index in [-0.39, 0.29) is 5.91 Å². The van der Waals surface area contributed by atoms with Gasteiger partial charge in [0.1, 0.15) is 11.8 Å². The summed E-state index contributed by atoms with van der Waals surface area (Å²) in [5.74, 6) is -0.303. The second kappa shape index (κ2) is 9.05. The number of carbonyl (C=O) groups is 1. The summed E-state index contributed by atoms with van der Waals surface area (Å²) in [5.41, 5.74) is 9.35. The number of nitrogens with one attached hydrogen (secondary N) is 1. The number of piperazine rings is 1. The van der Waals surface area contributed by atoms with Crippen LogP contribution in [0.4, 0.5) is 5.69 Å². The van der Waals surface area contributed by atoms with Crippen LogP contribution in [0.25, 0.3) is 33.4 Å². The van der Waals surface area contributed by atoms with E-state index in [2.05, 4.69) is 46.6 Å². The molecule has 0 aliphatic carbocycles. The first kappa shape index (κ1) is 21.2. The number of benzene rings is 2. The van der Waals surface area contributed by atoms with Gasteiger partial charge in [-0.05, 0) is 48.5 Å². The van der Waals surface area contributed by atoms with Crippen molar-refractivity contribution in [3.8, 4) is 22.3 Å². The van der Waals surface area contributed by atoms with E-state index in [9.17, 15) is 4.79 Å². The molecule has 0 unspecified atom stereocenters. The Balaban J connectivity index is 1.40. The largest absolute Gasteiger partial charge is 0.462 e. The van der Waals surface area contributed by atoms with Crippen molar-refractivity contribution in [3.05, 3.63) is 72.6 Å². The average Bonchev–Trinajstić information content (AvgIpc) is 3.28. The Labute approximate surface area is 192 Å². The molecule has 1 aliphatic rings. The first-order valence-corrected chi connectivity index (χ1v) is 11.0. The quantitative estimate of drug-likeness (QED) is 0.467. The smallest absolute Gasteiger partial charge is 0.274 e. The Kier molecular flexibility index (Phi) is 5.81. The summed E-state index contributed by atoms with van der Waals surface area (Å²) < 4.78 is 5.84. The van der Waals surface area contributed by atoms with Gasteiger partial charge in [-0.15, -0.1) is 0 Å². The molecule has 3 heterocycles. The lowest BCUT2D eigenvalue weighted by molar-refractivity contribution is 0.0537. The Morgan fingerprint density at radius 1 is 1.00 bits per heavy atom. The van der Waals surface area contributed by atoms with E-state index in [0.717, 1.165) is 53.9 Å². The predicted octanol–water partition coefficient (Wildman–Crippen LogP) is 4.20. The molecule has 0 radical (unpaired) electrons. The zero-order valence-corrected chi connectivity index (χ0v) is 18.7. The molecule has 4 aromatic rings. The van der Waals surface area contributed by atoms with E-state index in [1.807, 2.05) is 24.4 Å². The summed E-state index contributed by atoms with van der Waals surface area (Å²) in [6.45, 7) is 4.27. The van der Waals surface area contributed by atoms with Crippen LogP contribution in [0.2, 0.25) is 0 Å². The lowest BCUT2D eigenvalue weighted by atomic mass is 10.0. The van der Waals surface area contributed by atoms with Gasteiger partial charge in [-0.1, -0.05) is 24.3 Å². The lowest BCUT2D eigenvalue weighted by Gasteiger charge is -2.34. The van der Waals surface area contributed by atoms with E-state index in [0.29, 0.717) is 11.1 Å². The maximum atomic E-state index is 12.1. The summed E-state index contributed by atoms with van der Waals surface area (Å²) in [4.78, 5) is 26.3. The van der Waals surface area contributed by atoms with Crippen LogP contribution in [-0.4, -0.2) is 56.1 Å². The molecule has 1 fully saturated rings. The zero-order chi connectivity index (χ0) is 22.8. The molecule has 5 rings (SSSR count). The molecule has 168 valence electrons. The van der Waals surface area contributed by atoms with E-state index < -0.39 is 0 Å². The van der Waals surface area contributed by atoms with Gasteiger partial charge in [0.05, 0.1) is 7.11 Å². The number of furan rings is 1. The molecule has 1 N–H and O–H groups in total. The molecule has 0 atom stereocenters. The molecule has 1 aliphatic heterocycles. The summed E-state index contributed by atoms with van der Waals surface area (Å²) in [7, 11) is 3.57. The minimum atomic E-state index is -0.303. The van der Waals surface area contributed by atoms with Gasteiger partial charge in [0.15, 0.2) is 5.58 Å². The van der Waals surface area contributed by atoms with Crippen LogP contribution in [0, 0.1) is 0 Å². The first-order chi connectivity index (χ1) is 16.1. The number of carbonyl (C=O) groups excluding carboxylic acids is 1. The number of aromatic nitrogens is 1. The number of likely N-dealkylation sites (N-methyl/N-ethyl adjacent to an activating group) is 1. The van der Waals surface area contributed by atoms with Crippen LogP contribution in [0.5, 0.6) is 0 Å². The monoisotopic (exact) mass is 442 g/mol. The number of hydroxylamine groups is 1. The minimum Gasteiger partial charge on any atom is -0.462 e. The predicted molar refractivity (Wildman–Crippen MR) is 129 cm³/mol. The summed E-state index contributed by atoms with van der Waals surface area (Å²) >= 11 is 0. The number of hydrogen-bond donors (Lipinski definition) is 1. The van der Waals surface area contributed by atoms with Crippen molar-refractivity contribution in [3.63, 3.8) is 0 Å². The Morgan fingerprint density at radius 2 is 1.79 bits per heavy atom. The number of amides is 1. The molecular weight excluding hydrogens is 416 g/mol. The summed E-state index contributed by atoms with van der Waals surface area (Å²) in [6, 6.07) is 17.9. The second-order valence-electron chi connectivity index (χ2n) is 8.27. The third-order valence-corrected chi connectivity index (χ3v) is 6.11. The minimum absolute atomic E-state index is 0.303. The van der Waals surface area contributed by atoms with E-state index in [1.165, 1.54) is 12.8 Å². The normalized spacial score (nSPS) is 14.5. The van der Waals surface area contributed by atoms with Crippen LogP contribution in [0.15, 0.2) is 71.5 Å². The van der Waals surface area contributed by atoms with Crippen LogP contribution in [0.3, 0.4) is 0 Å². The first-order valence-electron chi connectivity index (χ1n) is 11.0. The van der Waals surface area contributed by atoms with Crippen molar-refractivity contribution < 1.29 is 14.0 Å². The number of fused-ring (bicyclic) bond motifs is 1. The molecule has 33 heavy (non-hydrogen) atoms. The van der Waals surface area contributed by atoms with Gasteiger partial charge >= 0.3 is 0 Å². The molecule has 1 amide bonds. The van der Waals surface area contributed by atoms with Crippen molar-refractivity contribution in [2.75, 3.05) is 45.2 Å². The molecule has 2 aromatic carbocycles. The van der Waals surface area contributed by atoms with Gasteiger partial charge in [-0.25, -0.2) is 5.48 Å². The van der Waals surface area contributed by atoms with E-state index in [4.69, 9.17) is 14.2 Å². The summed E-state index contributed by atoms with van der Waals surface area (Å²) in [5, 5.41) is 0. The average molecular weight is 443 g/mol. The third kappa shape index (κ3) is 4.33. The fourth-order valence-corrected chi connectivity index (χ4v) is 4.19. The topological polar surface area (TPSA) is 70.8 Å². The Morgan fingerprint density at radius 3 is 2.55 bits per heavy atom. The van der Waals surface area contributed by atoms with Gasteiger partial charge in [0.2, 0.25) is 0 Å². The molecule has 0 spiro atoms. The highest BCUT2D eigenvalue weighted by Gasteiger charge is 2.15. The van der Waals surface area contributed by atoms with Crippen molar-refractivity contribution >= 4 is 22.7 Å². The van der Waals surface area contributed by atoms with E-state index in [1.54, 1.807) is 18.4 Å². The van der Waals surface area contributed by atoms with Gasteiger partial charge in [0.25, 0.3) is 5.91 Å². The molecular formula is C26H26N4O3. The molecule has 7 nitrogen and oxygen atoms in total. The van der Waals surface area contributed by atoms with Gasteiger partial charge in [-0.3, -0.25) is 14.6 Å². The lowest BCUT2D eigenvalue weighted by Crippen LogP contribution is -2.44. The Hall–Kier alpha value is -3.68. The molecule has 7 heteroatoms. The number of nitrogens with zero attached hydrogens (tertiary/aromatic N) is 3. The number of anilines is 1. The SMILES string of the molecule is CONC(=O)c1cccc(-c2coc3cc(-c4ccc(N5CCN(C)CC5)cc4)cnc23)c1. The molecule has 1 saturated heterocycles. The number of rotatable bonds is 5. The fourth-order valence-electron chi connectivity index (χ4n) is 4.19. The van der Waals surface area contributed by atoms with Gasteiger partial charge < -0.3 is 14.2 Å². The highest BCUT2D eigenvalue weighted by Crippen LogP contribution is 2.32. The van der Waals surface area contributed by atoms with Crippen molar-refractivity contribution in [2.24, 2.45) is 0 Å². The molecule has 0 saturated carbocycles. The number of pyridine rings is 1. The van der Waals surface area contributed by atoms with Crippen LogP contribution in [0.1, 0.15) is 10.4 Å². The van der Waals surface area contributed by atoms with Crippen LogP contribution >= 0.6 is 0 Å². The second-order valence-corrected chi connectivity index (χ2v) is 8.27. The van der Waals surface area contributed by atoms with Crippen molar-refractivity contribution in [1.82, 2.24) is 15.4 Å². The third-order valence-electron chi connectivity index (χ3n) is 6.11. The fraction of sp³-hybridized carbons (Fsp3) is 0.231. The maximum Gasteiger partial charge on any atom is 0.274 e. The van der Waals surface area contributed by atoms with Crippen LogP contribution < -0.4 is 10.4 Å². The van der Waals surface area contributed by atoms with Crippen LogP contribution in [-0.2, 0) is 4.84 Å². The van der Waals surface area contributed by atoms with E-state index >= 15 is 0 Å². The summed E-state index contributed by atoms with van der Waals surface area (Å²) in [6.07, 6.45) is 3.55. The highest BCUT2D eigenvalue weighted by molar-refractivity contribution is 5.97. The van der Waals surface area contributed by atoms with Gasteiger partial charge in [0, 0.05) is 54.8 Å².